The Labute approximate surface area is 223 Å². The maximum absolute atomic E-state index is 13.7. The number of carbonyl (C=O) groups is 2. The zero-order chi connectivity index (χ0) is 26.5. The van der Waals surface area contributed by atoms with Gasteiger partial charge in [0.1, 0.15) is 12.6 Å². The fraction of sp³-hybridized carbons (Fsp3) is 0.462. The molecule has 0 spiro atoms. The lowest BCUT2D eigenvalue weighted by atomic mass is 9.95. The Morgan fingerprint density at radius 2 is 1.61 bits per heavy atom. The van der Waals surface area contributed by atoms with Crippen LogP contribution >= 0.6 is 23.2 Å². The fourth-order valence-electron chi connectivity index (χ4n) is 4.33. The van der Waals surface area contributed by atoms with Crippen molar-refractivity contribution in [3.63, 3.8) is 0 Å². The summed E-state index contributed by atoms with van der Waals surface area (Å²) in [6.45, 7) is 3.02. The van der Waals surface area contributed by atoms with Gasteiger partial charge in [0.25, 0.3) is 0 Å². The second kappa shape index (κ2) is 12.3. The molecule has 0 bridgehead atoms. The van der Waals surface area contributed by atoms with Crippen LogP contribution in [0.4, 0.5) is 5.69 Å². The highest BCUT2D eigenvalue weighted by Crippen LogP contribution is 2.27. The summed E-state index contributed by atoms with van der Waals surface area (Å²) >= 11 is 12.8. The van der Waals surface area contributed by atoms with Crippen molar-refractivity contribution in [2.75, 3.05) is 17.1 Å². The van der Waals surface area contributed by atoms with Gasteiger partial charge in [-0.25, -0.2) is 8.42 Å². The van der Waals surface area contributed by atoms with Crippen LogP contribution in [0.1, 0.15) is 50.2 Å². The number of nitrogens with zero attached hydrogens (tertiary/aromatic N) is 2. The molecular formula is C26H33Cl2N3O4S. The number of hydrogen-bond donors (Lipinski definition) is 1. The molecule has 7 nitrogen and oxygen atoms in total. The second-order valence-electron chi connectivity index (χ2n) is 9.35. The Morgan fingerprint density at radius 1 is 1.03 bits per heavy atom. The van der Waals surface area contributed by atoms with E-state index in [1.807, 2.05) is 6.92 Å². The molecule has 1 N–H and O–H groups in total. The lowest BCUT2D eigenvalue weighted by Gasteiger charge is -2.33. The van der Waals surface area contributed by atoms with Crippen molar-refractivity contribution < 1.29 is 18.0 Å². The van der Waals surface area contributed by atoms with Gasteiger partial charge in [-0.3, -0.25) is 13.9 Å². The summed E-state index contributed by atoms with van der Waals surface area (Å²) in [4.78, 5) is 28.2. The molecule has 2 aromatic carbocycles. The molecule has 10 heteroatoms. The molecule has 0 aliphatic heterocycles. The summed E-state index contributed by atoms with van der Waals surface area (Å²) in [5.41, 5.74) is 1.82. The maximum Gasteiger partial charge on any atom is 0.244 e. The molecule has 1 aliphatic carbocycles. The van der Waals surface area contributed by atoms with Gasteiger partial charge < -0.3 is 10.2 Å². The van der Waals surface area contributed by atoms with Crippen LogP contribution in [0, 0.1) is 6.92 Å². The molecule has 0 heterocycles. The van der Waals surface area contributed by atoms with E-state index in [0.29, 0.717) is 21.3 Å². The van der Waals surface area contributed by atoms with E-state index in [1.165, 1.54) is 4.90 Å². The quantitative estimate of drug-likeness (QED) is 0.476. The van der Waals surface area contributed by atoms with Gasteiger partial charge in [-0.2, -0.15) is 0 Å². The Bertz CT molecular complexity index is 1160. The Morgan fingerprint density at radius 3 is 2.17 bits per heavy atom. The molecule has 2 aromatic rings. The highest BCUT2D eigenvalue weighted by molar-refractivity contribution is 7.92. The second-order valence-corrected chi connectivity index (χ2v) is 12.1. The maximum atomic E-state index is 13.7. The molecule has 1 fully saturated rings. The van der Waals surface area contributed by atoms with Crippen LogP contribution in [-0.2, 0) is 26.2 Å². The third-order valence-electron chi connectivity index (χ3n) is 6.51. The molecular weight excluding hydrogens is 521 g/mol. The molecule has 196 valence electrons. The first-order valence-electron chi connectivity index (χ1n) is 12.0. The Hall–Kier alpha value is -2.29. The van der Waals surface area contributed by atoms with Gasteiger partial charge in [0, 0.05) is 28.2 Å². The van der Waals surface area contributed by atoms with E-state index in [2.05, 4.69) is 5.32 Å². The van der Waals surface area contributed by atoms with E-state index in [0.717, 1.165) is 48.2 Å². The monoisotopic (exact) mass is 553 g/mol. The van der Waals surface area contributed by atoms with Crippen molar-refractivity contribution in [2.45, 2.75) is 64.6 Å². The van der Waals surface area contributed by atoms with E-state index in [9.17, 15) is 18.0 Å². The summed E-state index contributed by atoms with van der Waals surface area (Å²) in [7, 11) is -3.78. The van der Waals surface area contributed by atoms with Crippen LogP contribution in [0.5, 0.6) is 0 Å². The molecule has 1 aliphatic rings. The lowest BCUT2D eigenvalue weighted by Crippen LogP contribution is -2.53. The largest absolute Gasteiger partial charge is 0.352 e. The summed E-state index contributed by atoms with van der Waals surface area (Å²) in [6, 6.07) is 11.1. The van der Waals surface area contributed by atoms with Crippen molar-refractivity contribution in [2.24, 2.45) is 0 Å². The Balaban J connectivity index is 1.91. The average Bonchev–Trinajstić information content (AvgIpc) is 2.82. The van der Waals surface area contributed by atoms with Crippen LogP contribution in [0.25, 0.3) is 0 Å². The number of rotatable bonds is 9. The number of aryl methyl sites for hydroxylation is 1. The Kier molecular flexibility index (Phi) is 9.66. The van der Waals surface area contributed by atoms with Crippen molar-refractivity contribution in [3.8, 4) is 0 Å². The van der Waals surface area contributed by atoms with Gasteiger partial charge in [-0.15, -0.1) is 0 Å². The molecule has 0 aromatic heterocycles. The van der Waals surface area contributed by atoms with E-state index in [4.69, 9.17) is 23.2 Å². The lowest BCUT2D eigenvalue weighted by molar-refractivity contribution is -0.139. The molecule has 2 amide bonds. The highest BCUT2D eigenvalue weighted by atomic mass is 35.5. The smallest absolute Gasteiger partial charge is 0.244 e. The van der Waals surface area contributed by atoms with Crippen LogP contribution in [-0.4, -0.2) is 50.0 Å². The molecule has 0 radical (unpaired) electrons. The van der Waals surface area contributed by atoms with Crippen molar-refractivity contribution in [3.05, 3.63) is 63.6 Å². The van der Waals surface area contributed by atoms with E-state index >= 15 is 0 Å². The predicted octanol–water partition coefficient (Wildman–Crippen LogP) is 4.93. The summed E-state index contributed by atoms with van der Waals surface area (Å²) in [5.74, 6) is -0.831. The van der Waals surface area contributed by atoms with Gasteiger partial charge in [0.15, 0.2) is 0 Å². The molecule has 36 heavy (non-hydrogen) atoms. The zero-order valence-corrected chi connectivity index (χ0v) is 23.2. The van der Waals surface area contributed by atoms with Crippen molar-refractivity contribution >= 4 is 50.7 Å². The first-order chi connectivity index (χ1) is 17.0. The highest BCUT2D eigenvalue weighted by Gasteiger charge is 2.32. The van der Waals surface area contributed by atoms with Gasteiger partial charge >= 0.3 is 0 Å². The molecule has 0 saturated heterocycles. The summed E-state index contributed by atoms with van der Waals surface area (Å²) < 4.78 is 26.3. The fourth-order valence-corrected chi connectivity index (χ4v) is 5.70. The number of sulfonamides is 1. The summed E-state index contributed by atoms with van der Waals surface area (Å²) in [5, 5.41) is 3.78. The molecule has 1 atom stereocenters. The van der Waals surface area contributed by atoms with Crippen LogP contribution < -0.4 is 9.62 Å². The van der Waals surface area contributed by atoms with Gasteiger partial charge in [-0.05, 0) is 51.0 Å². The average molecular weight is 555 g/mol. The molecule has 3 rings (SSSR count). The zero-order valence-electron chi connectivity index (χ0n) is 20.8. The van der Waals surface area contributed by atoms with Gasteiger partial charge in [0.05, 0.1) is 11.9 Å². The number of hydrogen-bond acceptors (Lipinski definition) is 4. The normalized spacial score (nSPS) is 15.2. The number of nitrogens with one attached hydrogen (secondary N) is 1. The number of amides is 2. The first kappa shape index (κ1) is 28.3. The summed E-state index contributed by atoms with van der Waals surface area (Å²) in [6.07, 6.45) is 6.11. The topological polar surface area (TPSA) is 86.8 Å². The minimum absolute atomic E-state index is 0.0396. The molecule has 1 saturated carbocycles. The third kappa shape index (κ3) is 7.37. The first-order valence-corrected chi connectivity index (χ1v) is 14.6. The standard InChI is InChI=1S/C26H33Cl2N3O4S/c1-18-12-14-21(15-13-18)31(36(3,34)35)17-25(32)30(16-22-23(27)10-7-11-24(22)28)19(2)26(33)29-20-8-5-4-6-9-20/h7,10-15,19-20H,4-6,8-9,16-17H2,1-3H3,(H,29,33)/t19-/m0/s1. The van der Waals surface area contributed by atoms with E-state index in [-0.39, 0.29) is 18.5 Å². The minimum atomic E-state index is -3.78. The predicted molar refractivity (Wildman–Crippen MR) is 145 cm³/mol. The van der Waals surface area contributed by atoms with Crippen molar-refractivity contribution in [1.29, 1.82) is 0 Å². The van der Waals surface area contributed by atoms with Crippen LogP contribution in [0.15, 0.2) is 42.5 Å². The van der Waals surface area contributed by atoms with Crippen molar-refractivity contribution in [1.82, 2.24) is 10.2 Å². The number of carbonyl (C=O) groups excluding carboxylic acids is 2. The third-order valence-corrected chi connectivity index (χ3v) is 8.36. The van der Waals surface area contributed by atoms with E-state index in [1.54, 1.807) is 49.4 Å². The number of anilines is 1. The number of benzene rings is 2. The van der Waals surface area contributed by atoms with Gasteiger partial charge in [-0.1, -0.05) is 66.2 Å². The molecule has 0 unspecified atom stereocenters. The van der Waals surface area contributed by atoms with Crippen LogP contribution in [0.3, 0.4) is 0 Å². The van der Waals surface area contributed by atoms with Crippen LogP contribution in [0.2, 0.25) is 10.0 Å². The van der Waals surface area contributed by atoms with E-state index < -0.39 is 28.5 Å². The number of halogens is 2. The SMILES string of the molecule is Cc1ccc(N(CC(=O)N(Cc2c(Cl)cccc2Cl)[C@@H](C)C(=O)NC2CCCCC2)S(C)(=O)=O)cc1. The minimum Gasteiger partial charge on any atom is -0.352 e. The van der Waals surface area contributed by atoms with Gasteiger partial charge in [0.2, 0.25) is 21.8 Å².